The van der Waals surface area contributed by atoms with Crippen LogP contribution in [0.5, 0.6) is 0 Å². The number of aryl methyl sites for hydroxylation is 1. The van der Waals surface area contributed by atoms with Crippen molar-refractivity contribution in [1.29, 1.82) is 0 Å². The summed E-state index contributed by atoms with van der Waals surface area (Å²) < 4.78 is 2.24. The Labute approximate surface area is 139 Å². The number of rotatable bonds is 6. The minimum absolute atomic E-state index is 0.564. The molecule has 0 N–H and O–H groups in total. The van der Waals surface area contributed by atoms with Gasteiger partial charge in [0.05, 0.1) is 6.54 Å². The molecular weight excluding hydrogens is 286 g/mol. The molecule has 1 saturated heterocycles. The zero-order valence-corrected chi connectivity index (χ0v) is 14.2. The van der Waals surface area contributed by atoms with Crippen LogP contribution in [0.3, 0.4) is 0 Å². The van der Waals surface area contributed by atoms with Gasteiger partial charge in [-0.2, -0.15) is 0 Å². The Kier molecular flexibility index (Phi) is 5.41. The summed E-state index contributed by atoms with van der Waals surface area (Å²) in [6.45, 7) is 10.9. The smallest absolute Gasteiger partial charge is 0.122 e. The maximum absolute atomic E-state index is 4.51. The molecule has 5 heteroatoms. The molecule has 1 fully saturated rings. The third-order valence-electron chi connectivity index (χ3n) is 4.75. The Bertz CT molecular complexity index is 594. The number of piperazine rings is 1. The SMILES string of the molecule is CCn1ccnc1CN1CCN(CCc2ccccn2)C[C@@H]1C. The van der Waals surface area contributed by atoms with E-state index >= 15 is 0 Å². The van der Waals surface area contributed by atoms with Crippen molar-refractivity contribution in [2.24, 2.45) is 0 Å². The van der Waals surface area contributed by atoms with E-state index in [4.69, 9.17) is 0 Å². The molecule has 1 atom stereocenters. The van der Waals surface area contributed by atoms with Crippen LogP contribution < -0.4 is 0 Å². The van der Waals surface area contributed by atoms with Crippen LogP contribution in [-0.2, 0) is 19.5 Å². The molecule has 0 spiro atoms. The largest absolute Gasteiger partial charge is 0.334 e. The van der Waals surface area contributed by atoms with Crippen LogP contribution in [0.2, 0.25) is 0 Å². The van der Waals surface area contributed by atoms with Gasteiger partial charge in [-0.05, 0) is 26.0 Å². The average Bonchev–Trinajstić information content (AvgIpc) is 3.03. The lowest BCUT2D eigenvalue weighted by atomic mass is 10.1. The summed E-state index contributed by atoms with van der Waals surface area (Å²) in [6, 6.07) is 6.72. The highest BCUT2D eigenvalue weighted by Crippen LogP contribution is 2.13. The normalized spacial score (nSPS) is 20.0. The molecule has 0 bridgehead atoms. The first-order valence-electron chi connectivity index (χ1n) is 8.62. The zero-order valence-electron chi connectivity index (χ0n) is 14.2. The van der Waals surface area contributed by atoms with Crippen LogP contribution in [0.1, 0.15) is 25.4 Å². The molecule has 2 aromatic rings. The molecule has 2 aromatic heterocycles. The third kappa shape index (κ3) is 4.18. The summed E-state index contributed by atoms with van der Waals surface area (Å²) >= 11 is 0. The number of pyridine rings is 1. The van der Waals surface area contributed by atoms with Gasteiger partial charge < -0.3 is 9.47 Å². The first-order valence-corrected chi connectivity index (χ1v) is 8.62. The van der Waals surface area contributed by atoms with Crippen molar-refractivity contribution < 1.29 is 0 Å². The Morgan fingerprint density at radius 3 is 2.83 bits per heavy atom. The van der Waals surface area contributed by atoms with E-state index in [0.29, 0.717) is 6.04 Å². The van der Waals surface area contributed by atoms with Gasteiger partial charge in [-0.1, -0.05) is 6.07 Å². The topological polar surface area (TPSA) is 37.2 Å². The van der Waals surface area contributed by atoms with Crippen LogP contribution >= 0.6 is 0 Å². The molecule has 0 saturated carbocycles. The number of hydrogen-bond donors (Lipinski definition) is 0. The second-order valence-electron chi connectivity index (χ2n) is 6.32. The highest BCUT2D eigenvalue weighted by atomic mass is 15.3. The van der Waals surface area contributed by atoms with Crippen molar-refractivity contribution in [3.05, 3.63) is 48.3 Å². The summed E-state index contributed by atoms with van der Waals surface area (Å²) in [5.74, 6) is 1.18. The van der Waals surface area contributed by atoms with E-state index in [1.54, 1.807) is 0 Å². The quantitative estimate of drug-likeness (QED) is 0.818. The molecule has 0 aliphatic carbocycles. The maximum Gasteiger partial charge on any atom is 0.122 e. The molecule has 0 radical (unpaired) electrons. The lowest BCUT2D eigenvalue weighted by molar-refractivity contribution is 0.0754. The molecule has 124 valence electrons. The highest BCUT2D eigenvalue weighted by molar-refractivity contribution is 5.04. The van der Waals surface area contributed by atoms with Crippen LogP contribution in [0.15, 0.2) is 36.8 Å². The first kappa shape index (κ1) is 16.1. The minimum Gasteiger partial charge on any atom is -0.334 e. The van der Waals surface area contributed by atoms with Crippen LogP contribution in [0.25, 0.3) is 0 Å². The number of imidazole rings is 1. The maximum atomic E-state index is 4.51. The van der Waals surface area contributed by atoms with Crippen LogP contribution in [0.4, 0.5) is 0 Å². The Morgan fingerprint density at radius 1 is 1.17 bits per heavy atom. The minimum atomic E-state index is 0.564. The summed E-state index contributed by atoms with van der Waals surface area (Å²) in [5.41, 5.74) is 1.19. The second kappa shape index (κ2) is 7.70. The molecule has 23 heavy (non-hydrogen) atoms. The van der Waals surface area contributed by atoms with Crippen molar-refractivity contribution >= 4 is 0 Å². The molecule has 1 aliphatic rings. The fourth-order valence-electron chi connectivity index (χ4n) is 3.29. The van der Waals surface area contributed by atoms with Crippen molar-refractivity contribution in [3.8, 4) is 0 Å². The van der Waals surface area contributed by atoms with Crippen molar-refractivity contribution in [2.45, 2.75) is 39.4 Å². The molecule has 3 rings (SSSR count). The van der Waals surface area contributed by atoms with Crippen LogP contribution in [-0.4, -0.2) is 56.6 Å². The molecule has 5 nitrogen and oxygen atoms in total. The first-order chi connectivity index (χ1) is 11.3. The third-order valence-corrected chi connectivity index (χ3v) is 4.75. The molecule has 0 amide bonds. The average molecular weight is 313 g/mol. The molecule has 3 heterocycles. The Morgan fingerprint density at radius 2 is 2.09 bits per heavy atom. The van der Waals surface area contributed by atoms with Gasteiger partial charge in [0, 0.05) is 69.5 Å². The predicted octanol–water partition coefficient (Wildman–Crippen LogP) is 2.05. The predicted molar refractivity (Wildman–Crippen MR) is 92.2 cm³/mol. The fourth-order valence-corrected chi connectivity index (χ4v) is 3.29. The van der Waals surface area contributed by atoms with Crippen LogP contribution in [0, 0.1) is 0 Å². The van der Waals surface area contributed by atoms with Gasteiger partial charge in [0.25, 0.3) is 0 Å². The summed E-state index contributed by atoms with van der Waals surface area (Å²) in [4.78, 5) is 14.0. The second-order valence-corrected chi connectivity index (χ2v) is 6.32. The summed E-state index contributed by atoms with van der Waals surface area (Å²) in [5, 5.41) is 0. The number of nitrogens with zero attached hydrogens (tertiary/aromatic N) is 5. The van der Waals surface area contributed by atoms with Crippen molar-refractivity contribution in [3.63, 3.8) is 0 Å². The van der Waals surface area contributed by atoms with Crippen molar-refractivity contribution in [1.82, 2.24) is 24.3 Å². The van der Waals surface area contributed by atoms with Gasteiger partial charge in [0.1, 0.15) is 5.82 Å². The summed E-state index contributed by atoms with van der Waals surface area (Å²) in [6.07, 6.45) is 6.90. The molecule has 1 aliphatic heterocycles. The van der Waals surface area contributed by atoms with E-state index in [0.717, 1.165) is 45.7 Å². The van der Waals surface area contributed by atoms with E-state index < -0.39 is 0 Å². The number of aromatic nitrogens is 3. The van der Waals surface area contributed by atoms with E-state index in [1.807, 2.05) is 18.5 Å². The van der Waals surface area contributed by atoms with Gasteiger partial charge in [-0.15, -0.1) is 0 Å². The Balaban J connectivity index is 1.49. The lowest BCUT2D eigenvalue weighted by Crippen LogP contribution is -2.51. The van der Waals surface area contributed by atoms with Gasteiger partial charge in [-0.3, -0.25) is 9.88 Å². The van der Waals surface area contributed by atoms with Gasteiger partial charge in [0.2, 0.25) is 0 Å². The van der Waals surface area contributed by atoms with Gasteiger partial charge in [0.15, 0.2) is 0 Å². The van der Waals surface area contributed by atoms with E-state index in [9.17, 15) is 0 Å². The summed E-state index contributed by atoms with van der Waals surface area (Å²) in [7, 11) is 0. The monoisotopic (exact) mass is 313 g/mol. The van der Waals surface area contributed by atoms with Gasteiger partial charge in [-0.25, -0.2) is 4.98 Å². The molecular formula is C18H27N5. The van der Waals surface area contributed by atoms with Gasteiger partial charge >= 0.3 is 0 Å². The fraction of sp³-hybridized carbons (Fsp3) is 0.556. The highest BCUT2D eigenvalue weighted by Gasteiger charge is 2.24. The lowest BCUT2D eigenvalue weighted by Gasteiger charge is -2.39. The van der Waals surface area contributed by atoms with E-state index in [-0.39, 0.29) is 0 Å². The Hall–Kier alpha value is -1.72. The van der Waals surface area contributed by atoms with E-state index in [1.165, 1.54) is 11.5 Å². The van der Waals surface area contributed by atoms with E-state index in [2.05, 4.69) is 56.5 Å². The zero-order chi connectivity index (χ0) is 16.1. The molecule has 0 aromatic carbocycles. The standard InChI is InChI=1S/C18H27N5/c1-3-22-11-9-20-18(22)15-23-13-12-21(14-16(23)2)10-7-17-6-4-5-8-19-17/h4-6,8-9,11,16H,3,7,10,12-15H2,1-2H3/t16-/m0/s1. The van der Waals surface area contributed by atoms with Crippen molar-refractivity contribution in [2.75, 3.05) is 26.2 Å². The molecule has 0 unspecified atom stereocenters. The number of hydrogen-bond acceptors (Lipinski definition) is 4.